The van der Waals surface area contributed by atoms with Gasteiger partial charge in [-0.2, -0.15) is 0 Å². The van der Waals surface area contributed by atoms with Gasteiger partial charge in [-0.3, -0.25) is 14.5 Å². The fourth-order valence-electron chi connectivity index (χ4n) is 2.13. The van der Waals surface area contributed by atoms with Crippen LogP contribution < -0.4 is 5.32 Å². The topological polar surface area (TPSA) is 74.9 Å². The third kappa shape index (κ3) is 3.81. The SMILES string of the molecule is CC(=O)Nc1ccc(N=C2SCC(=O)N2Cc2ccco2)cc1. The number of aliphatic imine (C=N–C) groups is 1. The Labute approximate surface area is 137 Å². The van der Waals surface area contributed by atoms with Crippen LogP contribution in [0.5, 0.6) is 0 Å². The first kappa shape index (κ1) is 15.4. The molecule has 1 N–H and O–H groups in total. The van der Waals surface area contributed by atoms with E-state index < -0.39 is 0 Å². The van der Waals surface area contributed by atoms with Crippen molar-refractivity contribution in [2.24, 2.45) is 4.99 Å². The number of furan rings is 1. The van der Waals surface area contributed by atoms with Gasteiger partial charge >= 0.3 is 0 Å². The molecule has 2 amide bonds. The molecule has 0 aliphatic carbocycles. The van der Waals surface area contributed by atoms with Crippen molar-refractivity contribution >= 4 is 40.1 Å². The van der Waals surface area contributed by atoms with Gasteiger partial charge < -0.3 is 9.73 Å². The Morgan fingerprint density at radius 3 is 2.78 bits per heavy atom. The summed E-state index contributed by atoms with van der Waals surface area (Å²) >= 11 is 1.41. The minimum absolute atomic E-state index is 0.0139. The van der Waals surface area contributed by atoms with Crippen molar-refractivity contribution in [2.45, 2.75) is 13.5 Å². The largest absolute Gasteiger partial charge is 0.467 e. The zero-order valence-corrected chi connectivity index (χ0v) is 13.3. The molecular formula is C16H15N3O3S. The van der Waals surface area contributed by atoms with Crippen molar-refractivity contribution in [2.75, 3.05) is 11.1 Å². The van der Waals surface area contributed by atoms with Crippen molar-refractivity contribution in [3.63, 3.8) is 0 Å². The van der Waals surface area contributed by atoms with E-state index in [4.69, 9.17) is 4.42 Å². The lowest BCUT2D eigenvalue weighted by Gasteiger charge is -2.14. The summed E-state index contributed by atoms with van der Waals surface area (Å²) in [4.78, 5) is 29.2. The van der Waals surface area contributed by atoms with Gasteiger partial charge in [0.25, 0.3) is 0 Å². The highest BCUT2D eigenvalue weighted by molar-refractivity contribution is 8.15. The molecule has 6 nitrogen and oxygen atoms in total. The molecule has 23 heavy (non-hydrogen) atoms. The first-order valence-electron chi connectivity index (χ1n) is 7.04. The summed E-state index contributed by atoms with van der Waals surface area (Å²) in [6.45, 7) is 1.84. The van der Waals surface area contributed by atoms with Gasteiger partial charge in [-0.15, -0.1) is 0 Å². The van der Waals surface area contributed by atoms with Crippen LogP contribution in [0.3, 0.4) is 0 Å². The van der Waals surface area contributed by atoms with Gasteiger partial charge in [0, 0.05) is 12.6 Å². The highest BCUT2D eigenvalue weighted by Gasteiger charge is 2.28. The molecule has 2 aromatic rings. The van der Waals surface area contributed by atoms with Gasteiger partial charge in [-0.05, 0) is 36.4 Å². The van der Waals surface area contributed by atoms with E-state index in [1.807, 2.05) is 6.07 Å². The molecule has 0 saturated carbocycles. The zero-order chi connectivity index (χ0) is 16.2. The number of rotatable bonds is 4. The maximum absolute atomic E-state index is 12.0. The number of carbonyl (C=O) groups is 2. The van der Waals surface area contributed by atoms with E-state index >= 15 is 0 Å². The Balaban J connectivity index is 1.77. The average molecular weight is 329 g/mol. The first-order valence-corrected chi connectivity index (χ1v) is 8.02. The van der Waals surface area contributed by atoms with Gasteiger partial charge in [-0.25, -0.2) is 4.99 Å². The van der Waals surface area contributed by atoms with E-state index in [9.17, 15) is 9.59 Å². The van der Waals surface area contributed by atoms with Crippen LogP contribution >= 0.6 is 11.8 Å². The number of carbonyl (C=O) groups excluding carboxylic acids is 2. The number of amides is 2. The number of hydrogen-bond acceptors (Lipinski definition) is 5. The normalized spacial score (nSPS) is 16.1. The molecule has 1 aliphatic heterocycles. The van der Waals surface area contributed by atoms with Crippen LogP contribution in [0.15, 0.2) is 52.1 Å². The molecule has 118 valence electrons. The van der Waals surface area contributed by atoms with Gasteiger partial charge in [0.2, 0.25) is 11.8 Å². The number of thioether (sulfide) groups is 1. The van der Waals surface area contributed by atoms with Crippen LogP contribution in [0, 0.1) is 0 Å². The van der Waals surface area contributed by atoms with Crippen molar-refractivity contribution in [1.82, 2.24) is 4.90 Å². The summed E-state index contributed by atoms with van der Waals surface area (Å²) < 4.78 is 5.30. The van der Waals surface area contributed by atoms with Crippen LogP contribution in [0.1, 0.15) is 12.7 Å². The van der Waals surface area contributed by atoms with E-state index in [0.717, 1.165) is 11.4 Å². The van der Waals surface area contributed by atoms with Crippen LogP contribution in [-0.2, 0) is 16.1 Å². The molecule has 1 fully saturated rings. The summed E-state index contributed by atoms with van der Waals surface area (Å²) in [6, 6.07) is 10.8. The van der Waals surface area contributed by atoms with Crippen molar-refractivity contribution < 1.29 is 14.0 Å². The highest BCUT2D eigenvalue weighted by atomic mass is 32.2. The third-order valence-electron chi connectivity index (χ3n) is 3.16. The minimum Gasteiger partial charge on any atom is -0.467 e. The summed E-state index contributed by atoms with van der Waals surface area (Å²) in [7, 11) is 0. The summed E-state index contributed by atoms with van der Waals surface area (Å²) in [5.74, 6) is 0.990. The van der Waals surface area contributed by atoms with Crippen LogP contribution in [-0.4, -0.2) is 27.6 Å². The molecule has 0 radical (unpaired) electrons. The van der Waals surface area contributed by atoms with Crippen LogP contribution in [0.25, 0.3) is 0 Å². The molecule has 1 aromatic heterocycles. The van der Waals surface area contributed by atoms with Crippen LogP contribution in [0.2, 0.25) is 0 Å². The maximum atomic E-state index is 12.0. The molecular weight excluding hydrogens is 314 g/mol. The molecule has 0 spiro atoms. The fraction of sp³-hybridized carbons (Fsp3) is 0.188. The maximum Gasteiger partial charge on any atom is 0.239 e. The standard InChI is InChI=1S/C16H15N3O3S/c1-11(20)17-12-4-6-13(7-5-12)18-16-19(15(21)10-23-16)9-14-3-2-8-22-14/h2-8H,9-10H2,1H3,(H,17,20). The molecule has 2 heterocycles. The number of nitrogens with one attached hydrogen (secondary N) is 1. The summed E-state index contributed by atoms with van der Waals surface area (Å²) in [5, 5.41) is 3.35. The summed E-state index contributed by atoms with van der Waals surface area (Å²) in [6.07, 6.45) is 1.58. The molecule has 1 aromatic carbocycles. The lowest BCUT2D eigenvalue weighted by molar-refractivity contribution is -0.124. The predicted molar refractivity (Wildman–Crippen MR) is 89.6 cm³/mol. The van der Waals surface area contributed by atoms with E-state index in [-0.39, 0.29) is 11.8 Å². The van der Waals surface area contributed by atoms with E-state index in [1.165, 1.54) is 18.7 Å². The number of benzene rings is 1. The average Bonchev–Trinajstić information content (AvgIpc) is 3.14. The minimum atomic E-state index is -0.120. The van der Waals surface area contributed by atoms with Crippen molar-refractivity contribution in [1.29, 1.82) is 0 Å². The summed E-state index contributed by atoms with van der Waals surface area (Å²) in [5.41, 5.74) is 1.43. The number of anilines is 1. The number of hydrogen-bond donors (Lipinski definition) is 1. The zero-order valence-electron chi connectivity index (χ0n) is 12.5. The van der Waals surface area contributed by atoms with Gasteiger partial charge in [-0.1, -0.05) is 11.8 Å². The fourth-order valence-corrected chi connectivity index (χ4v) is 3.03. The Hall–Kier alpha value is -2.54. The molecule has 0 atom stereocenters. The molecule has 1 saturated heterocycles. The highest BCUT2D eigenvalue weighted by Crippen LogP contribution is 2.26. The lowest BCUT2D eigenvalue weighted by Crippen LogP contribution is -2.28. The van der Waals surface area contributed by atoms with E-state index in [2.05, 4.69) is 10.3 Å². The van der Waals surface area contributed by atoms with Crippen LogP contribution in [0.4, 0.5) is 11.4 Å². The predicted octanol–water partition coefficient (Wildman–Crippen LogP) is 3.00. The quantitative estimate of drug-likeness (QED) is 0.935. The van der Waals surface area contributed by atoms with Gasteiger partial charge in [0.15, 0.2) is 5.17 Å². The molecule has 3 rings (SSSR count). The van der Waals surface area contributed by atoms with Gasteiger partial charge in [0.05, 0.1) is 24.2 Å². The van der Waals surface area contributed by atoms with Gasteiger partial charge in [0.1, 0.15) is 5.76 Å². The molecule has 0 unspecified atom stereocenters. The molecule has 7 heteroatoms. The smallest absolute Gasteiger partial charge is 0.239 e. The Morgan fingerprint density at radius 2 is 2.13 bits per heavy atom. The van der Waals surface area contributed by atoms with Crippen molar-refractivity contribution in [3.05, 3.63) is 48.4 Å². The molecule has 1 aliphatic rings. The second-order valence-electron chi connectivity index (χ2n) is 4.97. The molecule has 0 bridgehead atoms. The second-order valence-corrected chi connectivity index (χ2v) is 5.91. The number of nitrogens with zero attached hydrogens (tertiary/aromatic N) is 2. The first-order chi connectivity index (χ1) is 11.1. The Kier molecular flexibility index (Phi) is 4.47. The monoisotopic (exact) mass is 329 g/mol. The second kappa shape index (κ2) is 6.70. The van der Waals surface area contributed by atoms with E-state index in [1.54, 1.807) is 41.5 Å². The lowest BCUT2D eigenvalue weighted by atomic mass is 10.3. The Bertz CT molecular complexity index is 738. The third-order valence-corrected chi connectivity index (χ3v) is 4.12. The Morgan fingerprint density at radius 1 is 1.35 bits per heavy atom. The van der Waals surface area contributed by atoms with E-state index in [0.29, 0.717) is 23.2 Å². The van der Waals surface area contributed by atoms with Crippen molar-refractivity contribution in [3.8, 4) is 0 Å². The number of amidine groups is 1.